The quantitative estimate of drug-likeness (QED) is 0.583. The van der Waals surface area contributed by atoms with Gasteiger partial charge in [-0.05, 0) is 24.6 Å². The fourth-order valence-corrected chi connectivity index (χ4v) is 1.00. The zero-order valence-electron chi connectivity index (χ0n) is 6.89. The van der Waals surface area contributed by atoms with Gasteiger partial charge in [0.25, 0.3) is 0 Å². The Morgan fingerprint density at radius 3 is 2.60 bits per heavy atom. The Balaban J connectivity index is 2.52. The summed E-state index contributed by atoms with van der Waals surface area (Å²) < 4.78 is 0. The van der Waals surface area contributed by atoms with Gasteiger partial charge >= 0.3 is 0 Å². The number of allylic oxidation sites excluding steroid dienone is 2. The third kappa shape index (κ3) is 1.63. The Hall–Kier alpha value is -0.720. The first kappa shape index (κ1) is 7.39. The van der Waals surface area contributed by atoms with Crippen molar-refractivity contribution in [2.45, 2.75) is 26.8 Å². The van der Waals surface area contributed by atoms with Crippen LogP contribution in [0, 0.1) is 5.92 Å². The van der Waals surface area contributed by atoms with Gasteiger partial charge in [-0.25, -0.2) is 0 Å². The van der Waals surface area contributed by atoms with E-state index in [9.17, 15) is 0 Å². The van der Waals surface area contributed by atoms with Crippen molar-refractivity contribution in [3.05, 3.63) is 23.9 Å². The normalized spacial score (nSPS) is 24.4. The van der Waals surface area contributed by atoms with Crippen LogP contribution >= 0.6 is 0 Å². The van der Waals surface area contributed by atoms with E-state index < -0.39 is 0 Å². The summed E-state index contributed by atoms with van der Waals surface area (Å²) in [7, 11) is 0. The van der Waals surface area contributed by atoms with Crippen molar-refractivity contribution in [1.29, 1.82) is 0 Å². The number of dihydropyridines is 1. The predicted octanol–water partition coefficient (Wildman–Crippen LogP) is 2.07. The van der Waals surface area contributed by atoms with Crippen LogP contribution in [-0.4, -0.2) is 6.04 Å². The second-order valence-electron chi connectivity index (χ2n) is 3.18. The molecule has 0 fully saturated rings. The van der Waals surface area contributed by atoms with E-state index in [1.54, 1.807) is 0 Å². The largest absolute Gasteiger partial charge is 0.384 e. The van der Waals surface area contributed by atoms with E-state index in [0.29, 0.717) is 12.0 Å². The molecule has 1 N–H and O–H groups in total. The lowest BCUT2D eigenvalue weighted by Crippen LogP contribution is -2.29. The molecule has 1 unspecified atom stereocenters. The Labute approximate surface area is 62.8 Å². The van der Waals surface area contributed by atoms with E-state index >= 15 is 0 Å². The lowest BCUT2D eigenvalue weighted by Gasteiger charge is -2.20. The van der Waals surface area contributed by atoms with Crippen LogP contribution in [0.2, 0.25) is 0 Å². The summed E-state index contributed by atoms with van der Waals surface area (Å²) in [6.07, 6.45) is 6.46. The minimum atomic E-state index is 0.531. The number of hydrogen-bond acceptors (Lipinski definition) is 1. The second-order valence-corrected chi connectivity index (χ2v) is 3.18. The van der Waals surface area contributed by atoms with Crippen LogP contribution in [0.1, 0.15) is 20.8 Å². The number of hydrogen-bond donors (Lipinski definition) is 1. The van der Waals surface area contributed by atoms with E-state index in [4.69, 9.17) is 0 Å². The van der Waals surface area contributed by atoms with Gasteiger partial charge < -0.3 is 5.32 Å². The van der Waals surface area contributed by atoms with Gasteiger partial charge in [0, 0.05) is 6.04 Å². The lowest BCUT2D eigenvalue weighted by atomic mass is 10.0. The number of rotatable bonds is 1. The molecular weight excluding hydrogens is 122 g/mol. The van der Waals surface area contributed by atoms with E-state index in [1.807, 2.05) is 0 Å². The van der Waals surface area contributed by atoms with Crippen LogP contribution in [0.25, 0.3) is 0 Å². The van der Waals surface area contributed by atoms with Gasteiger partial charge in [-0.15, -0.1) is 0 Å². The van der Waals surface area contributed by atoms with Crippen LogP contribution in [0.3, 0.4) is 0 Å². The molecule has 0 amide bonds. The van der Waals surface area contributed by atoms with Gasteiger partial charge in [0.05, 0.1) is 0 Å². The molecule has 0 bridgehead atoms. The maximum Gasteiger partial charge on any atom is 0.0465 e. The zero-order valence-corrected chi connectivity index (χ0v) is 6.89. The molecule has 1 atom stereocenters. The van der Waals surface area contributed by atoms with Crippen molar-refractivity contribution >= 4 is 0 Å². The summed E-state index contributed by atoms with van der Waals surface area (Å²) in [4.78, 5) is 0. The Kier molecular flexibility index (Phi) is 2.15. The minimum Gasteiger partial charge on any atom is -0.384 e. The third-order valence-electron chi connectivity index (χ3n) is 1.79. The predicted molar refractivity (Wildman–Crippen MR) is 44.7 cm³/mol. The Morgan fingerprint density at radius 2 is 2.20 bits per heavy atom. The SMILES string of the molecule is CC1=CNC(C(C)C)C=C1. The van der Waals surface area contributed by atoms with Crippen molar-refractivity contribution in [2.24, 2.45) is 5.92 Å². The average Bonchev–Trinajstić information content (AvgIpc) is 1.88. The fraction of sp³-hybridized carbons (Fsp3) is 0.556. The van der Waals surface area contributed by atoms with E-state index in [1.165, 1.54) is 5.57 Å². The molecule has 0 spiro atoms. The van der Waals surface area contributed by atoms with Crippen LogP contribution in [0.4, 0.5) is 0 Å². The summed E-state index contributed by atoms with van der Waals surface area (Å²) in [6.45, 7) is 6.53. The van der Waals surface area contributed by atoms with Gasteiger partial charge in [-0.3, -0.25) is 0 Å². The van der Waals surface area contributed by atoms with Gasteiger partial charge in [0.2, 0.25) is 0 Å². The molecular formula is C9H15N. The average molecular weight is 137 g/mol. The molecule has 0 saturated carbocycles. The van der Waals surface area contributed by atoms with Crippen LogP contribution in [0.5, 0.6) is 0 Å². The molecule has 1 heterocycles. The van der Waals surface area contributed by atoms with Gasteiger partial charge in [0.1, 0.15) is 0 Å². The monoisotopic (exact) mass is 137 g/mol. The lowest BCUT2D eigenvalue weighted by molar-refractivity contribution is 0.509. The third-order valence-corrected chi connectivity index (χ3v) is 1.79. The number of nitrogens with one attached hydrogen (secondary N) is 1. The molecule has 0 aliphatic carbocycles. The molecule has 0 saturated heterocycles. The Morgan fingerprint density at radius 1 is 1.50 bits per heavy atom. The zero-order chi connectivity index (χ0) is 7.56. The first-order valence-corrected chi connectivity index (χ1v) is 3.81. The highest BCUT2D eigenvalue weighted by Gasteiger charge is 2.08. The highest BCUT2D eigenvalue weighted by molar-refractivity contribution is 5.22. The molecule has 0 aromatic rings. The van der Waals surface area contributed by atoms with Gasteiger partial charge in [0.15, 0.2) is 0 Å². The molecule has 56 valence electrons. The summed E-state index contributed by atoms with van der Waals surface area (Å²) in [5.41, 5.74) is 1.30. The van der Waals surface area contributed by atoms with Crippen LogP contribution in [-0.2, 0) is 0 Å². The highest BCUT2D eigenvalue weighted by Crippen LogP contribution is 2.09. The van der Waals surface area contributed by atoms with Crippen molar-refractivity contribution in [3.8, 4) is 0 Å². The molecule has 1 rings (SSSR count). The van der Waals surface area contributed by atoms with Crippen molar-refractivity contribution in [3.63, 3.8) is 0 Å². The molecule has 0 radical (unpaired) electrons. The highest BCUT2D eigenvalue weighted by atomic mass is 14.9. The minimum absolute atomic E-state index is 0.531. The molecule has 10 heavy (non-hydrogen) atoms. The topological polar surface area (TPSA) is 12.0 Å². The van der Waals surface area contributed by atoms with Crippen molar-refractivity contribution in [2.75, 3.05) is 0 Å². The van der Waals surface area contributed by atoms with Crippen LogP contribution < -0.4 is 5.32 Å². The summed E-state index contributed by atoms with van der Waals surface area (Å²) >= 11 is 0. The molecule has 0 aromatic carbocycles. The maximum absolute atomic E-state index is 3.32. The molecule has 1 aliphatic rings. The van der Waals surface area contributed by atoms with Crippen molar-refractivity contribution in [1.82, 2.24) is 5.32 Å². The summed E-state index contributed by atoms with van der Waals surface area (Å²) in [6, 6.07) is 0.531. The second kappa shape index (κ2) is 2.91. The first-order valence-electron chi connectivity index (χ1n) is 3.81. The molecule has 1 heteroatoms. The molecule has 1 aliphatic heterocycles. The smallest absolute Gasteiger partial charge is 0.0465 e. The molecule has 0 aromatic heterocycles. The Bertz CT molecular complexity index is 166. The van der Waals surface area contributed by atoms with Crippen molar-refractivity contribution < 1.29 is 0 Å². The van der Waals surface area contributed by atoms with E-state index in [-0.39, 0.29) is 0 Å². The fourth-order valence-electron chi connectivity index (χ4n) is 1.00. The summed E-state index contributed by atoms with van der Waals surface area (Å²) in [5.74, 6) is 0.681. The maximum atomic E-state index is 3.32. The standard InChI is InChI=1S/C9H15N/c1-7(2)9-5-4-8(3)6-10-9/h4-7,9-10H,1-3H3. The van der Waals surface area contributed by atoms with Gasteiger partial charge in [-0.1, -0.05) is 26.0 Å². The summed E-state index contributed by atoms with van der Waals surface area (Å²) in [5, 5.41) is 3.32. The van der Waals surface area contributed by atoms with Crippen LogP contribution in [0.15, 0.2) is 23.9 Å². The first-order chi connectivity index (χ1) is 4.70. The van der Waals surface area contributed by atoms with Gasteiger partial charge in [-0.2, -0.15) is 0 Å². The van der Waals surface area contributed by atoms with E-state index in [2.05, 4.69) is 44.4 Å². The molecule has 1 nitrogen and oxygen atoms in total. The van der Waals surface area contributed by atoms with E-state index in [0.717, 1.165) is 0 Å².